The minimum absolute atomic E-state index is 0.0290. The number of carbonyl (C=O) groups excluding carboxylic acids is 1. The molecule has 2 aromatic rings. The molecule has 194 valence electrons. The molecule has 2 aliphatic heterocycles. The topological polar surface area (TPSA) is 72.5 Å². The summed E-state index contributed by atoms with van der Waals surface area (Å²) in [7, 11) is 1.59. The summed E-state index contributed by atoms with van der Waals surface area (Å²) in [6.07, 6.45) is -4.02. The van der Waals surface area contributed by atoms with Crippen molar-refractivity contribution in [1.82, 2.24) is 9.80 Å². The number of alkyl halides is 3. The zero-order valence-electron chi connectivity index (χ0n) is 19.5. The van der Waals surface area contributed by atoms with E-state index in [1.165, 1.54) is 24.3 Å². The van der Waals surface area contributed by atoms with Crippen LogP contribution in [0, 0.1) is 0 Å². The second-order valence-corrected chi connectivity index (χ2v) is 8.75. The van der Waals surface area contributed by atoms with Crippen molar-refractivity contribution in [2.45, 2.75) is 31.3 Å². The number of halogens is 3. The summed E-state index contributed by atoms with van der Waals surface area (Å²) in [5, 5.41) is 3.50. The molecule has 2 fully saturated rings. The number of likely N-dealkylation sites (tertiary alicyclic amines) is 1. The highest BCUT2D eigenvalue weighted by Crippen LogP contribution is 2.26. The van der Waals surface area contributed by atoms with Crippen molar-refractivity contribution in [3.8, 4) is 17.2 Å². The number of methoxy groups -OCH3 is 1. The minimum Gasteiger partial charge on any atom is -0.497 e. The van der Waals surface area contributed by atoms with Gasteiger partial charge in [-0.15, -0.1) is 13.2 Å². The molecule has 36 heavy (non-hydrogen) atoms. The van der Waals surface area contributed by atoms with E-state index in [1.807, 2.05) is 4.90 Å². The van der Waals surface area contributed by atoms with Gasteiger partial charge in [0.1, 0.15) is 23.9 Å². The number of rotatable bonds is 7. The molecular weight excluding hydrogens is 499 g/mol. The molecule has 0 radical (unpaired) electrons. The van der Waals surface area contributed by atoms with E-state index < -0.39 is 6.36 Å². The highest BCUT2D eigenvalue weighted by Gasteiger charge is 2.38. The summed E-state index contributed by atoms with van der Waals surface area (Å²) in [6, 6.07) is 12.6. The molecule has 1 atom stereocenters. The molecule has 1 unspecified atom stereocenters. The van der Waals surface area contributed by atoms with Crippen molar-refractivity contribution in [3.63, 3.8) is 0 Å². The molecule has 0 saturated carbocycles. The Morgan fingerprint density at radius 2 is 1.67 bits per heavy atom. The monoisotopic (exact) mass is 525 g/mol. The summed E-state index contributed by atoms with van der Waals surface area (Å²) in [5.74, 6) is 1.10. The van der Waals surface area contributed by atoms with Gasteiger partial charge in [-0.05, 0) is 73.6 Å². The van der Waals surface area contributed by atoms with Crippen LogP contribution in [0.5, 0.6) is 17.2 Å². The molecule has 2 saturated heterocycles. The Hall–Kier alpha value is -3.41. The fraction of sp³-hybridized carbons (Fsp3) is 0.417. The standard InChI is InChI=1S/C24H26F3N3O5S/c1-32-18-6-8-19(9-7-18)33-15-21-14-30(23(31)34-21)17-10-12-29(13-11-17)22(36)28-16-2-4-20(5-3-16)35-24(25,26)27/h2-9,17,21H,10-15H2,1H3,(H,28,36). The van der Waals surface area contributed by atoms with Gasteiger partial charge in [0.25, 0.3) is 0 Å². The number of piperidine rings is 1. The summed E-state index contributed by atoms with van der Waals surface area (Å²) >= 11 is 5.46. The van der Waals surface area contributed by atoms with Gasteiger partial charge in [0, 0.05) is 24.8 Å². The number of nitrogens with zero attached hydrogens (tertiary/aromatic N) is 2. The quantitative estimate of drug-likeness (QED) is 0.524. The Bertz CT molecular complexity index is 1040. The van der Waals surface area contributed by atoms with E-state index in [0.717, 1.165) is 5.75 Å². The molecule has 1 amide bonds. The van der Waals surface area contributed by atoms with E-state index in [9.17, 15) is 18.0 Å². The zero-order valence-corrected chi connectivity index (χ0v) is 20.3. The number of amides is 1. The average Bonchev–Trinajstić information content (AvgIpc) is 3.24. The van der Waals surface area contributed by atoms with Crippen LogP contribution < -0.4 is 19.5 Å². The molecule has 0 bridgehead atoms. The van der Waals surface area contributed by atoms with E-state index in [-0.39, 0.29) is 30.6 Å². The summed E-state index contributed by atoms with van der Waals surface area (Å²) < 4.78 is 57.2. The first-order chi connectivity index (χ1) is 17.2. The van der Waals surface area contributed by atoms with E-state index in [1.54, 1.807) is 36.3 Å². The molecule has 2 aromatic carbocycles. The van der Waals surface area contributed by atoms with Gasteiger partial charge in [-0.3, -0.25) is 0 Å². The van der Waals surface area contributed by atoms with Gasteiger partial charge in [0.05, 0.1) is 13.7 Å². The molecular formula is C24H26F3N3O5S. The van der Waals surface area contributed by atoms with Crippen LogP contribution in [0.1, 0.15) is 12.8 Å². The van der Waals surface area contributed by atoms with Gasteiger partial charge in [0.15, 0.2) is 11.2 Å². The molecule has 2 heterocycles. The second kappa shape index (κ2) is 11.1. The number of cyclic esters (lactones) is 1. The summed E-state index contributed by atoms with van der Waals surface area (Å²) in [4.78, 5) is 16.2. The third-order valence-electron chi connectivity index (χ3n) is 5.93. The SMILES string of the molecule is COc1ccc(OCC2CN(C3CCN(C(=S)Nc4ccc(OC(F)(F)F)cc4)CC3)C(=O)O2)cc1. The van der Waals surface area contributed by atoms with E-state index in [4.69, 9.17) is 26.4 Å². The number of anilines is 1. The van der Waals surface area contributed by atoms with Crippen LogP contribution in [0.3, 0.4) is 0 Å². The van der Waals surface area contributed by atoms with Gasteiger partial charge in [-0.2, -0.15) is 0 Å². The van der Waals surface area contributed by atoms with Gasteiger partial charge in [-0.1, -0.05) is 0 Å². The van der Waals surface area contributed by atoms with Gasteiger partial charge in [0.2, 0.25) is 0 Å². The predicted octanol–water partition coefficient (Wildman–Crippen LogP) is 4.65. The lowest BCUT2D eigenvalue weighted by atomic mass is 10.0. The van der Waals surface area contributed by atoms with E-state index in [2.05, 4.69) is 10.1 Å². The number of nitrogens with one attached hydrogen (secondary N) is 1. The van der Waals surface area contributed by atoms with Crippen LogP contribution in [0.25, 0.3) is 0 Å². The lowest BCUT2D eigenvalue weighted by Gasteiger charge is -2.36. The van der Waals surface area contributed by atoms with Crippen LogP contribution in [0.4, 0.5) is 23.7 Å². The van der Waals surface area contributed by atoms with Crippen molar-refractivity contribution in [1.29, 1.82) is 0 Å². The average molecular weight is 526 g/mol. The summed E-state index contributed by atoms with van der Waals surface area (Å²) in [5.41, 5.74) is 0.555. The van der Waals surface area contributed by atoms with Crippen molar-refractivity contribution >= 4 is 29.1 Å². The normalized spacial score (nSPS) is 18.6. The maximum Gasteiger partial charge on any atom is 0.573 e. The Kier molecular flexibility index (Phi) is 7.92. The molecule has 8 nitrogen and oxygen atoms in total. The molecule has 0 aliphatic carbocycles. The third kappa shape index (κ3) is 6.84. The fourth-order valence-electron chi connectivity index (χ4n) is 4.11. The Morgan fingerprint density at radius 3 is 2.28 bits per heavy atom. The van der Waals surface area contributed by atoms with E-state index in [0.29, 0.717) is 49.0 Å². The fourth-order valence-corrected chi connectivity index (χ4v) is 4.41. The summed E-state index contributed by atoms with van der Waals surface area (Å²) in [6.45, 7) is 1.97. The smallest absolute Gasteiger partial charge is 0.497 e. The molecule has 4 rings (SSSR count). The van der Waals surface area contributed by atoms with Crippen molar-refractivity contribution in [2.24, 2.45) is 0 Å². The molecule has 1 N–H and O–H groups in total. The Balaban J connectivity index is 1.21. The first-order valence-corrected chi connectivity index (χ1v) is 11.8. The number of hydrogen-bond donors (Lipinski definition) is 1. The first-order valence-electron chi connectivity index (χ1n) is 11.4. The zero-order chi connectivity index (χ0) is 25.7. The van der Waals surface area contributed by atoms with Crippen molar-refractivity contribution < 1.29 is 36.9 Å². The number of hydrogen-bond acceptors (Lipinski definition) is 6. The number of thiocarbonyl (C=S) groups is 1. The molecule has 12 heteroatoms. The number of carbonyl (C=O) groups is 1. The highest BCUT2D eigenvalue weighted by atomic mass is 32.1. The Labute approximate surface area is 211 Å². The van der Waals surface area contributed by atoms with Crippen molar-refractivity contribution in [3.05, 3.63) is 48.5 Å². The maximum absolute atomic E-state index is 12.4. The van der Waals surface area contributed by atoms with Gasteiger partial charge in [-0.25, -0.2) is 4.79 Å². The van der Waals surface area contributed by atoms with Crippen LogP contribution in [-0.4, -0.2) is 72.9 Å². The largest absolute Gasteiger partial charge is 0.573 e. The van der Waals surface area contributed by atoms with Gasteiger partial charge >= 0.3 is 12.5 Å². The minimum atomic E-state index is -4.74. The van der Waals surface area contributed by atoms with Crippen LogP contribution in [0.2, 0.25) is 0 Å². The second-order valence-electron chi connectivity index (χ2n) is 8.37. The lowest BCUT2D eigenvalue weighted by molar-refractivity contribution is -0.274. The van der Waals surface area contributed by atoms with Crippen LogP contribution in [0.15, 0.2) is 48.5 Å². The molecule has 0 aromatic heterocycles. The van der Waals surface area contributed by atoms with Crippen molar-refractivity contribution in [2.75, 3.05) is 38.7 Å². The number of benzene rings is 2. The third-order valence-corrected chi connectivity index (χ3v) is 6.29. The van der Waals surface area contributed by atoms with Crippen LogP contribution in [-0.2, 0) is 4.74 Å². The maximum atomic E-state index is 12.4. The highest BCUT2D eigenvalue weighted by molar-refractivity contribution is 7.80. The molecule has 0 spiro atoms. The van der Waals surface area contributed by atoms with Crippen LogP contribution >= 0.6 is 12.2 Å². The molecule has 2 aliphatic rings. The predicted molar refractivity (Wildman–Crippen MR) is 129 cm³/mol. The lowest BCUT2D eigenvalue weighted by Crippen LogP contribution is -2.48. The van der Waals surface area contributed by atoms with Gasteiger partial charge < -0.3 is 34.1 Å². The first kappa shape index (κ1) is 25.7. The van der Waals surface area contributed by atoms with E-state index >= 15 is 0 Å². The number of ether oxygens (including phenoxy) is 4. The Morgan fingerprint density at radius 1 is 1.06 bits per heavy atom.